The summed E-state index contributed by atoms with van der Waals surface area (Å²) in [6, 6.07) is 11.1. The van der Waals surface area contributed by atoms with Crippen LogP contribution in [0, 0.1) is 0 Å². The third-order valence-electron chi connectivity index (χ3n) is 2.22. The maximum Gasteiger partial charge on any atom is 0.412 e. The van der Waals surface area contributed by atoms with E-state index in [4.69, 9.17) is 5.11 Å². The zero-order chi connectivity index (χ0) is 11.4. The molecule has 2 aromatic rings. The van der Waals surface area contributed by atoms with Gasteiger partial charge in [-0.1, -0.05) is 18.2 Å². The van der Waals surface area contributed by atoms with Crippen LogP contribution < -0.4 is 4.90 Å². The summed E-state index contributed by atoms with van der Waals surface area (Å²) in [7, 11) is 0. The van der Waals surface area contributed by atoms with Gasteiger partial charge in [0.2, 0.25) is 0 Å². The first-order valence-electron chi connectivity index (χ1n) is 4.84. The summed E-state index contributed by atoms with van der Waals surface area (Å²) < 4.78 is 0. The topological polar surface area (TPSA) is 40.5 Å². The van der Waals surface area contributed by atoms with E-state index in [0.717, 1.165) is 5.56 Å². The molecule has 0 saturated heterocycles. The molecule has 3 nitrogen and oxygen atoms in total. The van der Waals surface area contributed by atoms with Gasteiger partial charge in [-0.25, -0.2) is 4.79 Å². The average molecular weight is 233 g/mol. The Bertz CT molecular complexity index is 453. The second kappa shape index (κ2) is 4.81. The van der Waals surface area contributed by atoms with Crippen LogP contribution in [0.4, 0.5) is 10.5 Å². The van der Waals surface area contributed by atoms with Gasteiger partial charge in [0.05, 0.1) is 6.54 Å². The van der Waals surface area contributed by atoms with Gasteiger partial charge in [0.1, 0.15) is 0 Å². The van der Waals surface area contributed by atoms with E-state index in [-0.39, 0.29) is 0 Å². The number of nitrogens with zero attached hydrogens (tertiary/aromatic N) is 1. The standard InChI is InChI=1S/C12H11NO2S/c14-12(15)13(8-10-6-7-16-9-10)11-4-2-1-3-5-11/h1-7,9H,8H2,(H,14,15). The molecule has 0 spiro atoms. The average Bonchev–Trinajstić information content (AvgIpc) is 2.79. The Morgan fingerprint density at radius 3 is 2.56 bits per heavy atom. The van der Waals surface area contributed by atoms with E-state index in [1.165, 1.54) is 4.90 Å². The minimum absolute atomic E-state index is 0.392. The molecule has 0 unspecified atom stereocenters. The highest BCUT2D eigenvalue weighted by Gasteiger charge is 2.14. The van der Waals surface area contributed by atoms with Crippen molar-refractivity contribution in [2.24, 2.45) is 0 Å². The van der Waals surface area contributed by atoms with Crippen molar-refractivity contribution in [1.29, 1.82) is 0 Å². The molecule has 0 aliphatic rings. The molecule has 0 fully saturated rings. The number of hydrogen-bond donors (Lipinski definition) is 1. The summed E-state index contributed by atoms with van der Waals surface area (Å²) in [6.45, 7) is 0.392. The molecule has 0 atom stereocenters. The van der Waals surface area contributed by atoms with Crippen molar-refractivity contribution in [3.05, 3.63) is 52.7 Å². The van der Waals surface area contributed by atoms with Crippen LogP contribution in [0.3, 0.4) is 0 Å². The van der Waals surface area contributed by atoms with Gasteiger partial charge in [0.25, 0.3) is 0 Å². The maximum absolute atomic E-state index is 11.2. The predicted molar refractivity (Wildman–Crippen MR) is 65.0 cm³/mol. The molecule has 0 radical (unpaired) electrons. The molecular formula is C12H11NO2S. The van der Waals surface area contributed by atoms with Crippen LogP contribution in [0.1, 0.15) is 5.56 Å². The van der Waals surface area contributed by atoms with E-state index in [1.54, 1.807) is 23.5 Å². The highest BCUT2D eigenvalue weighted by Crippen LogP contribution is 2.18. The smallest absolute Gasteiger partial charge is 0.412 e. The molecule has 1 aromatic carbocycles. The number of carbonyl (C=O) groups is 1. The van der Waals surface area contributed by atoms with Crippen LogP contribution in [0.5, 0.6) is 0 Å². The third-order valence-corrected chi connectivity index (χ3v) is 2.95. The van der Waals surface area contributed by atoms with Crippen molar-refractivity contribution in [2.45, 2.75) is 6.54 Å². The normalized spacial score (nSPS) is 10.0. The Hall–Kier alpha value is -1.81. The quantitative estimate of drug-likeness (QED) is 0.882. The number of hydrogen-bond acceptors (Lipinski definition) is 2. The Kier molecular flexibility index (Phi) is 3.22. The predicted octanol–water partition coefficient (Wildman–Crippen LogP) is 3.43. The highest BCUT2D eigenvalue weighted by molar-refractivity contribution is 7.07. The molecule has 0 aliphatic heterocycles. The lowest BCUT2D eigenvalue weighted by atomic mass is 10.2. The van der Waals surface area contributed by atoms with E-state index in [2.05, 4.69) is 0 Å². The lowest BCUT2D eigenvalue weighted by Crippen LogP contribution is -2.28. The SMILES string of the molecule is O=C(O)N(Cc1ccsc1)c1ccccc1. The van der Waals surface area contributed by atoms with E-state index in [0.29, 0.717) is 12.2 Å². The van der Waals surface area contributed by atoms with Crippen molar-refractivity contribution in [1.82, 2.24) is 0 Å². The number of rotatable bonds is 3. The van der Waals surface area contributed by atoms with Gasteiger partial charge in [-0.15, -0.1) is 0 Å². The third kappa shape index (κ3) is 2.41. The fourth-order valence-corrected chi connectivity index (χ4v) is 2.10. The monoisotopic (exact) mass is 233 g/mol. The minimum Gasteiger partial charge on any atom is -0.465 e. The minimum atomic E-state index is -0.933. The van der Waals surface area contributed by atoms with Crippen molar-refractivity contribution < 1.29 is 9.90 Å². The van der Waals surface area contributed by atoms with Crippen LogP contribution in [0.2, 0.25) is 0 Å². The molecular weight excluding hydrogens is 222 g/mol. The van der Waals surface area contributed by atoms with Crippen molar-refractivity contribution in [3.8, 4) is 0 Å². The first kappa shape index (κ1) is 10.7. The Balaban J connectivity index is 2.22. The molecule has 0 saturated carbocycles. The summed E-state index contributed by atoms with van der Waals surface area (Å²) in [5.41, 5.74) is 1.71. The molecule has 0 aliphatic carbocycles. The Morgan fingerprint density at radius 1 is 1.25 bits per heavy atom. The Morgan fingerprint density at radius 2 is 2.00 bits per heavy atom. The van der Waals surface area contributed by atoms with Crippen molar-refractivity contribution in [2.75, 3.05) is 4.90 Å². The highest BCUT2D eigenvalue weighted by atomic mass is 32.1. The molecule has 4 heteroatoms. The van der Waals surface area contributed by atoms with Gasteiger partial charge in [-0.05, 0) is 34.5 Å². The lowest BCUT2D eigenvalue weighted by molar-refractivity contribution is 0.201. The van der Waals surface area contributed by atoms with E-state index in [1.807, 2.05) is 35.0 Å². The fraction of sp³-hybridized carbons (Fsp3) is 0.0833. The number of amides is 1. The number of carboxylic acid groups (broad SMARTS) is 1. The Labute approximate surface area is 97.6 Å². The second-order valence-corrected chi connectivity index (χ2v) is 4.12. The fourth-order valence-electron chi connectivity index (χ4n) is 1.44. The second-order valence-electron chi connectivity index (χ2n) is 3.34. The molecule has 1 amide bonds. The number of thiophene rings is 1. The summed E-state index contributed by atoms with van der Waals surface area (Å²) in [6.07, 6.45) is -0.933. The molecule has 1 N–H and O–H groups in total. The van der Waals surface area contributed by atoms with Gasteiger partial charge in [-0.2, -0.15) is 11.3 Å². The van der Waals surface area contributed by atoms with Crippen molar-refractivity contribution >= 4 is 23.1 Å². The lowest BCUT2D eigenvalue weighted by Gasteiger charge is -2.18. The first-order valence-corrected chi connectivity index (χ1v) is 5.78. The van der Waals surface area contributed by atoms with Crippen LogP contribution in [-0.2, 0) is 6.54 Å². The first-order chi connectivity index (χ1) is 7.77. The van der Waals surface area contributed by atoms with E-state index < -0.39 is 6.09 Å². The molecule has 0 bridgehead atoms. The zero-order valence-corrected chi connectivity index (χ0v) is 9.35. The van der Waals surface area contributed by atoms with Gasteiger partial charge in [-0.3, -0.25) is 4.90 Å². The van der Waals surface area contributed by atoms with Crippen molar-refractivity contribution in [3.63, 3.8) is 0 Å². The maximum atomic E-state index is 11.2. The van der Waals surface area contributed by atoms with Crippen LogP contribution >= 0.6 is 11.3 Å². The molecule has 82 valence electrons. The van der Waals surface area contributed by atoms with E-state index >= 15 is 0 Å². The van der Waals surface area contributed by atoms with Gasteiger partial charge >= 0.3 is 6.09 Å². The summed E-state index contributed by atoms with van der Waals surface area (Å²) in [5.74, 6) is 0. The van der Waals surface area contributed by atoms with Gasteiger partial charge < -0.3 is 5.11 Å². The van der Waals surface area contributed by atoms with Gasteiger partial charge in [0, 0.05) is 5.69 Å². The largest absolute Gasteiger partial charge is 0.465 e. The zero-order valence-electron chi connectivity index (χ0n) is 8.54. The molecule has 2 rings (SSSR count). The molecule has 1 aromatic heterocycles. The van der Waals surface area contributed by atoms with E-state index in [9.17, 15) is 4.79 Å². The summed E-state index contributed by atoms with van der Waals surface area (Å²) in [4.78, 5) is 12.5. The molecule has 1 heterocycles. The molecule has 16 heavy (non-hydrogen) atoms. The van der Waals surface area contributed by atoms with Crippen LogP contribution in [-0.4, -0.2) is 11.2 Å². The summed E-state index contributed by atoms with van der Waals surface area (Å²) in [5, 5.41) is 13.1. The van der Waals surface area contributed by atoms with Crippen LogP contribution in [0.25, 0.3) is 0 Å². The van der Waals surface area contributed by atoms with Crippen LogP contribution in [0.15, 0.2) is 47.2 Å². The summed E-state index contributed by atoms with van der Waals surface area (Å²) >= 11 is 1.57. The van der Waals surface area contributed by atoms with Gasteiger partial charge in [0.15, 0.2) is 0 Å². The number of benzene rings is 1. The number of anilines is 1. The number of para-hydroxylation sites is 1.